The smallest absolute Gasteiger partial charge is 0.261 e. The Balaban J connectivity index is 1.46. The van der Waals surface area contributed by atoms with Crippen LogP contribution in [0.2, 0.25) is 0 Å². The van der Waals surface area contributed by atoms with Crippen LogP contribution in [-0.2, 0) is 0 Å². The van der Waals surface area contributed by atoms with Crippen molar-refractivity contribution in [3.8, 4) is 11.4 Å². The van der Waals surface area contributed by atoms with Gasteiger partial charge >= 0.3 is 0 Å². The van der Waals surface area contributed by atoms with Crippen molar-refractivity contribution in [2.75, 3.05) is 31.9 Å². The lowest BCUT2D eigenvalue weighted by Crippen LogP contribution is -2.62. The monoisotopic (exact) mass is 443 g/mol. The number of hydrogen-bond donors (Lipinski definition) is 4. The topological polar surface area (TPSA) is 99.6 Å². The first-order valence-electron chi connectivity index (χ1n) is 12.1. The third-order valence-electron chi connectivity index (χ3n) is 7.80. The number of anilines is 1. The minimum atomic E-state index is -0.222. The molecule has 2 aliphatic heterocycles. The first-order valence-corrected chi connectivity index (χ1v) is 12.1. The second-order valence-corrected chi connectivity index (χ2v) is 9.60. The fourth-order valence-corrected chi connectivity index (χ4v) is 6.11. The van der Waals surface area contributed by atoms with Crippen LogP contribution in [0.15, 0.2) is 47.3 Å². The summed E-state index contributed by atoms with van der Waals surface area (Å²) in [5.74, 6) is 0.527. The normalized spacial score (nSPS) is 19.3. The third kappa shape index (κ3) is 3.34. The number of para-hydroxylation sites is 1. The van der Waals surface area contributed by atoms with Crippen LogP contribution >= 0.6 is 0 Å². The quantitative estimate of drug-likeness (QED) is 0.361. The van der Waals surface area contributed by atoms with Gasteiger partial charge in [0.05, 0.1) is 41.4 Å². The van der Waals surface area contributed by atoms with Gasteiger partial charge in [0.1, 0.15) is 17.1 Å². The SMILES string of the molecule is Nc1c(-c2nc3ccc([N+]4(C5CCNCC5)CCCCC4)cc3[nH]2)c(=O)[nH]c2ccccc12. The summed E-state index contributed by atoms with van der Waals surface area (Å²) < 4.78 is 1.07. The van der Waals surface area contributed by atoms with Crippen molar-refractivity contribution in [3.63, 3.8) is 0 Å². The molecule has 0 atom stereocenters. The Kier molecular flexibility index (Phi) is 4.96. The van der Waals surface area contributed by atoms with Gasteiger partial charge in [0, 0.05) is 43.5 Å². The number of pyridine rings is 1. The minimum absolute atomic E-state index is 0.222. The van der Waals surface area contributed by atoms with E-state index in [9.17, 15) is 4.79 Å². The zero-order chi connectivity index (χ0) is 22.4. The minimum Gasteiger partial charge on any atom is -0.397 e. The summed E-state index contributed by atoms with van der Waals surface area (Å²) in [7, 11) is 0. The molecule has 2 aromatic carbocycles. The summed E-state index contributed by atoms with van der Waals surface area (Å²) >= 11 is 0. The highest BCUT2D eigenvalue weighted by molar-refractivity contribution is 5.97. The van der Waals surface area contributed by atoms with Crippen LogP contribution in [0.3, 0.4) is 0 Å². The molecule has 7 heteroatoms. The lowest BCUT2D eigenvalue weighted by Gasteiger charge is -2.48. The number of aromatic amines is 2. The van der Waals surface area contributed by atoms with Gasteiger partial charge < -0.3 is 21.0 Å². The van der Waals surface area contributed by atoms with Crippen LogP contribution < -0.4 is 21.1 Å². The standard InChI is InChI=1S/C26H30N6O/c27-24-19-6-2-3-7-20(19)31-26(33)23(24)25-29-21-9-8-18(16-22(21)30-25)32(14-4-1-5-15-32)17-10-12-28-13-11-17/h2-3,6-9,16-17,28H,1,4-5,10-15H2,(H3-,27,29,30,31,33)/p+1. The molecule has 0 bridgehead atoms. The van der Waals surface area contributed by atoms with Crippen molar-refractivity contribution in [1.82, 2.24) is 24.8 Å². The molecule has 0 saturated carbocycles. The van der Waals surface area contributed by atoms with Gasteiger partial charge in [0.25, 0.3) is 5.56 Å². The first kappa shape index (κ1) is 20.4. The predicted octanol–water partition coefficient (Wildman–Crippen LogP) is 3.90. The van der Waals surface area contributed by atoms with Crippen LogP contribution in [0.25, 0.3) is 33.3 Å². The lowest BCUT2D eigenvalue weighted by atomic mass is 9.95. The molecule has 2 saturated heterocycles. The molecule has 0 aliphatic carbocycles. The van der Waals surface area contributed by atoms with Crippen molar-refractivity contribution in [2.24, 2.45) is 0 Å². The van der Waals surface area contributed by atoms with Crippen LogP contribution in [0.1, 0.15) is 32.1 Å². The van der Waals surface area contributed by atoms with Gasteiger partial charge in [-0.15, -0.1) is 0 Å². The second-order valence-electron chi connectivity index (χ2n) is 9.60. The van der Waals surface area contributed by atoms with Gasteiger partial charge in [-0.2, -0.15) is 0 Å². The average molecular weight is 444 g/mol. The summed E-state index contributed by atoms with van der Waals surface area (Å²) in [5.41, 5.74) is 11.0. The van der Waals surface area contributed by atoms with Gasteiger partial charge in [0.15, 0.2) is 0 Å². The molecule has 5 N–H and O–H groups in total. The van der Waals surface area contributed by atoms with E-state index in [0.717, 1.165) is 39.5 Å². The van der Waals surface area contributed by atoms with E-state index in [1.807, 2.05) is 24.3 Å². The van der Waals surface area contributed by atoms with Gasteiger partial charge in [-0.3, -0.25) is 9.28 Å². The van der Waals surface area contributed by atoms with Crippen molar-refractivity contribution in [3.05, 3.63) is 52.8 Å². The molecule has 4 heterocycles. The van der Waals surface area contributed by atoms with Crippen LogP contribution in [-0.4, -0.2) is 47.2 Å². The van der Waals surface area contributed by atoms with E-state index in [1.54, 1.807) is 0 Å². The Morgan fingerprint density at radius 1 is 0.939 bits per heavy atom. The number of rotatable bonds is 3. The summed E-state index contributed by atoms with van der Waals surface area (Å²) in [6.07, 6.45) is 6.31. The van der Waals surface area contributed by atoms with E-state index in [-0.39, 0.29) is 5.56 Å². The molecular weight excluding hydrogens is 412 g/mol. The van der Waals surface area contributed by atoms with Crippen molar-refractivity contribution < 1.29 is 0 Å². The van der Waals surface area contributed by atoms with E-state index in [0.29, 0.717) is 23.1 Å². The molecule has 6 rings (SSSR count). The number of benzene rings is 2. The van der Waals surface area contributed by atoms with Gasteiger partial charge in [-0.05, 0) is 31.4 Å². The number of nitrogen functional groups attached to an aromatic ring is 1. The summed E-state index contributed by atoms with van der Waals surface area (Å²) in [4.78, 5) is 24.0. The Hall–Kier alpha value is -3.16. The molecule has 7 nitrogen and oxygen atoms in total. The number of quaternary nitrogens is 1. The number of nitrogens with one attached hydrogen (secondary N) is 3. The second kappa shape index (κ2) is 8.01. The van der Waals surface area contributed by atoms with E-state index in [4.69, 9.17) is 10.7 Å². The average Bonchev–Trinajstić information content (AvgIpc) is 3.28. The van der Waals surface area contributed by atoms with Crippen LogP contribution in [0.5, 0.6) is 0 Å². The van der Waals surface area contributed by atoms with Crippen molar-refractivity contribution in [2.45, 2.75) is 38.1 Å². The van der Waals surface area contributed by atoms with Crippen molar-refractivity contribution >= 4 is 33.3 Å². The molecule has 4 aromatic rings. The number of nitrogens with two attached hydrogens (primary N) is 1. The number of piperidine rings is 2. The van der Waals surface area contributed by atoms with E-state index in [1.165, 1.54) is 50.9 Å². The van der Waals surface area contributed by atoms with Crippen molar-refractivity contribution in [1.29, 1.82) is 0 Å². The van der Waals surface area contributed by atoms with E-state index >= 15 is 0 Å². The third-order valence-corrected chi connectivity index (χ3v) is 7.80. The molecule has 170 valence electrons. The Labute approximate surface area is 192 Å². The molecule has 2 aliphatic rings. The number of likely N-dealkylation sites (tertiary alicyclic amines) is 1. The molecule has 2 aromatic heterocycles. The highest BCUT2D eigenvalue weighted by atomic mass is 16.1. The maximum atomic E-state index is 12.9. The lowest BCUT2D eigenvalue weighted by molar-refractivity contribution is 0.139. The Morgan fingerprint density at radius 3 is 2.55 bits per heavy atom. The van der Waals surface area contributed by atoms with Crippen LogP contribution in [0.4, 0.5) is 11.4 Å². The highest BCUT2D eigenvalue weighted by Gasteiger charge is 2.41. The zero-order valence-corrected chi connectivity index (χ0v) is 18.9. The van der Waals surface area contributed by atoms with Gasteiger partial charge in [-0.25, -0.2) is 4.98 Å². The molecule has 0 unspecified atom stereocenters. The molecular formula is C26H31N6O+. The first-order chi connectivity index (χ1) is 16.2. The maximum absolute atomic E-state index is 12.9. The number of imidazole rings is 1. The highest BCUT2D eigenvalue weighted by Crippen LogP contribution is 2.37. The summed E-state index contributed by atoms with van der Waals surface area (Å²) in [6.45, 7) is 4.61. The Bertz CT molecular complexity index is 1370. The number of hydrogen-bond acceptors (Lipinski definition) is 4. The molecule has 0 spiro atoms. The molecule has 0 radical (unpaired) electrons. The Morgan fingerprint density at radius 2 is 1.73 bits per heavy atom. The zero-order valence-electron chi connectivity index (χ0n) is 18.9. The van der Waals surface area contributed by atoms with E-state index < -0.39 is 0 Å². The summed E-state index contributed by atoms with van der Waals surface area (Å²) in [5, 5.41) is 4.36. The number of aromatic nitrogens is 3. The van der Waals surface area contributed by atoms with E-state index in [2.05, 4.69) is 33.5 Å². The van der Waals surface area contributed by atoms with Crippen LogP contribution in [0, 0.1) is 0 Å². The largest absolute Gasteiger partial charge is 0.397 e. The molecule has 2 fully saturated rings. The fourth-order valence-electron chi connectivity index (χ4n) is 6.11. The van der Waals surface area contributed by atoms with Gasteiger partial charge in [0.2, 0.25) is 0 Å². The molecule has 33 heavy (non-hydrogen) atoms. The number of H-pyrrole nitrogens is 2. The fraction of sp³-hybridized carbons (Fsp3) is 0.385. The number of nitrogens with zero attached hydrogens (tertiary/aromatic N) is 2. The maximum Gasteiger partial charge on any atom is 0.261 e. The predicted molar refractivity (Wildman–Crippen MR) is 135 cm³/mol. The summed E-state index contributed by atoms with van der Waals surface area (Å²) in [6, 6.07) is 14.9. The molecule has 0 amide bonds. The van der Waals surface area contributed by atoms with Gasteiger partial charge in [-0.1, -0.05) is 18.2 Å². The number of fused-ring (bicyclic) bond motifs is 2.